The van der Waals surface area contributed by atoms with Crippen LogP contribution in [-0.2, 0) is 17.0 Å². The first-order valence-electron chi connectivity index (χ1n) is 6.17. The Bertz CT molecular complexity index is 496. The van der Waals surface area contributed by atoms with Crippen LogP contribution >= 0.6 is 23.1 Å². The molecule has 0 aliphatic rings. The Morgan fingerprint density at radius 2 is 2.00 bits per heavy atom. The van der Waals surface area contributed by atoms with Crippen LogP contribution in [0.5, 0.6) is 0 Å². The minimum atomic E-state index is -0.391. The second kappa shape index (κ2) is 7.48. The fourth-order valence-electron chi connectivity index (χ4n) is 1.73. The summed E-state index contributed by atoms with van der Waals surface area (Å²) in [6.07, 6.45) is 0.624. The molecule has 100 valence electrons. The van der Waals surface area contributed by atoms with Crippen molar-refractivity contribution >= 4 is 28.9 Å². The maximum Gasteiger partial charge on any atom is 0.159 e. The van der Waals surface area contributed by atoms with Crippen LogP contribution in [0.2, 0.25) is 0 Å². The van der Waals surface area contributed by atoms with E-state index in [4.69, 9.17) is 5.73 Å². The van der Waals surface area contributed by atoms with Crippen LogP contribution in [-0.4, -0.2) is 17.6 Å². The lowest BCUT2D eigenvalue weighted by Gasteiger charge is -2.10. The van der Waals surface area contributed by atoms with E-state index >= 15 is 0 Å². The van der Waals surface area contributed by atoms with E-state index in [0.717, 1.165) is 11.3 Å². The minimum absolute atomic E-state index is 0.129. The first-order chi connectivity index (χ1) is 9.25. The van der Waals surface area contributed by atoms with Crippen LogP contribution in [0.1, 0.15) is 11.1 Å². The normalized spacial score (nSPS) is 12.3. The molecule has 19 heavy (non-hydrogen) atoms. The maximum atomic E-state index is 11.9. The molecule has 1 heterocycles. The van der Waals surface area contributed by atoms with E-state index in [2.05, 4.69) is 16.8 Å². The van der Waals surface area contributed by atoms with E-state index in [-0.39, 0.29) is 5.78 Å². The number of carbonyl (C=O) groups excluding carboxylic acids is 1. The topological polar surface area (TPSA) is 43.1 Å². The highest BCUT2D eigenvalue weighted by molar-refractivity contribution is 7.99. The Morgan fingerprint density at radius 1 is 1.21 bits per heavy atom. The van der Waals surface area contributed by atoms with Crippen molar-refractivity contribution in [3.63, 3.8) is 0 Å². The molecule has 2 aromatic rings. The number of thioether (sulfide) groups is 1. The largest absolute Gasteiger partial charge is 0.321 e. The van der Waals surface area contributed by atoms with Gasteiger partial charge in [0.15, 0.2) is 5.78 Å². The number of benzene rings is 1. The molecule has 1 aromatic carbocycles. The standard InChI is InChI=1S/C15H17NOS2/c16-14(8-12-4-2-1-3-5-12)15(17)11-19-10-13-6-7-18-9-13/h1-7,9,14H,8,10-11,16H2. The second-order valence-electron chi connectivity index (χ2n) is 4.39. The number of thiophene rings is 1. The summed E-state index contributed by atoms with van der Waals surface area (Å²) >= 11 is 3.32. The molecule has 0 fully saturated rings. The molecular formula is C15H17NOS2. The van der Waals surface area contributed by atoms with E-state index in [1.165, 1.54) is 5.56 Å². The number of carbonyl (C=O) groups is 1. The number of hydrogen-bond acceptors (Lipinski definition) is 4. The smallest absolute Gasteiger partial charge is 0.159 e. The number of rotatable bonds is 7. The summed E-state index contributed by atoms with van der Waals surface area (Å²) in [6, 6.07) is 11.6. The van der Waals surface area contributed by atoms with Gasteiger partial charge in [0.05, 0.1) is 11.8 Å². The van der Waals surface area contributed by atoms with Crippen molar-refractivity contribution in [2.75, 3.05) is 5.75 Å². The molecule has 1 aromatic heterocycles. The third kappa shape index (κ3) is 4.82. The van der Waals surface area contributed by atoms with Gasteiger partial charge in [-0.05, 0) is 34.4 Å². The summed E-state index contributed by atoms with van der Waals surface area (Å²) in [5.74, 6) is 1.50. The van der Waals surface area contributed by atoms with Gasteiger partial charge in [0.1, 0.15) is 0 Å². The van der Waals surface area contributed by atoms with E-state index in [9.17, 15) is 4.79 Å². The maximum absolute atomic E-state index is 11.9. The molecule has 0 amide bonds. The predicted octanol–water partition coefficient (Wildman–Crippen LogP) is 3.12. The third-order valence-electron chi connectivity index (χ3n) is 2.81. The fourth-order valence-corrected chi connectivity index (χ4v) is 3.44. The van der Waals surface area contributed by atoms with Gasteiger partial charge in [0.2, 0.25) is 0 Å². The Hall–Kier alpha value is -1.10. The van der Waals surface area contributed by atoms with Crippen LogP contribution < -0.4 is 5.73 Å². The van der Waals surface area contributed by atoms with Gasteiger partial charge >= 0.3 is 0 Å². The lowest BCUT2D eigenvalue weighted by molar-refractivity contribution is -0.117. The van der Waals surface area contributed by atoms with Gasteiger partial charge in [0.25, 0.3) is 0 Å². The summed E-state index contributed by atoms with van der Waals surface area (Å²) in [5, 5.41) is 4.17. The Labute approximate surface area is 122 Å². The first-order valence-corrected chi connectivity index (χ1v) is 8.26. The average Bonchev–Trinajstić information content (AvgIpc) is 2.93. The molecule has 0 aliphatic heterocycles. The zero-order valence-electron chi connectivity index (χ0n) is 10.6. The number of Topliss-reactive ketones (excluding diaryl/α,β-unsaturated/α-hetero) is 1. The molecule has 1 unspecified atom stereocenters. The van der Waals surface area contributed by atoms with Crippen molar-refractivity contribution in [3.8, 4) is 0 Å². The lowest BCUT2D eigenvalue weighted by Crippen LogP contribution is -2.34. The van der Waals surface area contributed by atoms with E-state index in [1.807, 2.05) is 30.3 Å². The summed E-state index contributed by atoms with van der Waals surface area (Å²) in [6.45, 7) is 0. The number of nitrogens with two attached hydrogens (primary N) is 1. The average molecular weight is 291 g/mol. The Kier molecular flexibility index (Phi) is 5.63. The molecule has 0 saturated heterocycles. The summed E-state index contributed by atoms with van der Waals surface area (Å²) in [5.41, 5.74) is 8.34. The van der Waals surface area contributed by atoms with Crippen LogP contribution in [0.3, 0.4) is 0 Å². The van der Waals surface area contributed by atoms with Gasteiger partial charge in [-0.1, -0.05) is 30.3 Å². The van der Waals surface area contributed by atoms with Crippen molar-refractivity contribution in [2.45, 2.75) is 18.2 Å². The molecule has 0 aliphatic carbocycles. The van der Waals surface area contributed by atoms with Crippen molar-refractivity contribution in [1.82, 2.24) is 0 Å². The molecule has 0 radical (unpaired) electrons. The van der Waals surface area contributed by atoms with Gasteiger partial charge in [-0.3, -0.25) is 4.79 Å². The molecule has 2 N–H and O–H groups in total. The Balaban J connectivity index is 1.73. The predicted molar refractivity (Wildman–Crippen MR) is 83.6 cm³/mol. The number of ketones is 1. The van der Waals surface area contributed by atoms with Gasteiger partial charge in [-0.15, -0.1) is 11.8 Å². The zero-order chi connectivity index (χ0) is 13.5. The van der Waals surface area contributed by atoms with Gasteiger partial charge in [0, 0.05) is 5.75 Å². The highest BCUT2D eigenvalue weighted by Crippen LogP contribution is 2.15. The van der Waals surface area contributed by atoms with E-state index in [1.54, 1.807) is 23.1 Å². The summed E-state index contributed by atoms with van der Waals surface area (Å²) in [4.78, 5) is 11.9. The van der Waals surface area contributed by atoms with E-state index in [0.29, 0.717) is 12.2 Å². The van der Waals surface area contributed by atoms with Crippen LogP contribution in [0.15, 0.2) is 47.2 Å². The van der Waals surface area contributed by atoms with Crippen molar-refractivity contribution in [1.29, 1.82) is 0 Å². The fraction of sp³-hybridized carbons (Fsp3) is 0.267. The van der Waals surface area contributed by atoms with Crippen LogP contribution in [0, 0.1) is 0 Å². The van der Waals surface area contributed by atoms with E-state index < -0.39 is 6.04 Å². The molecule has 1 atom stereocenters. The minimum Gasteiger partial charge on any atom is -0.321 e. The lowest BCUT2D eigenvalue weighted by atomic mass is 10.0. The molecule has 0 spiro atoms. The molecule has 0 saturated carbocycles. The molecule has 0 bridgehead atoms. The third-order valence-corrected chi connectivity index (χ3v) is 4.56. The highest BCUT2D eigenvalue weighted by atomic mass is 32.2. The highest BCUT2D eigenvalue weighted by Gasteiger charge is 2.13. The van der Waals surface area contributed by atoms with Crippen LogP contribution in [0.25, 0.3) is 0 Å². The summed E-state index contributed by atoms with van der Waals surface area (Å²) in [7, 11) is 0. The summed E-state index contributed by atoms with van der Waals surface area (Å²) < 4.78 is 0. The molecule has 2 nitrogen and oxygen atoms in total. The van der Waals surface area contributed by atoms with Crippen molar-refractivity contribution in [3.05, 3.63) is 58.3 Å². The monoisotopic (exact) mass is 291 g/mol. The van der Waals surface area contributed by atoms with Crippen molar-refractivity contribution < 1.29 is 4.79 Å². The number of hydrogen-bond donors (Lipinski definition) is 1. The SMILES string of the molecule is NC(Cc1ccccc1)C(=O)CSCc1ccsc1. The van der Waals surface area contributed by atoms with Gasteiger partial charge in [-0.2, -0.15) is 11.3 Å². The zero-order valence-corrected chi connectivity index (χ0v) is 12.3. The molecular weight excluding hydrogens is 274 g/mol. The molecule has 2 rings (SSSR count). The van der Waals surface area contributed by atoms with Gasteiger partial charge < -0.3 is 5.73 Å². The van der Waals surface area contributed by atoms with Crippen LogP contribution in [0.4, 0.5) is 0 Å². The second-order valence-corrected chi connectivity index (χ2v) is 6.15. The van der Waals surface area contributed by atoms with Gasteiger partial charge in [-0.25, -0.2) is 0 Å². The Morgan fingerprint density at radius 3 is 2.68 bits per heavy atom. The quantitative estimate of drug-likeness (QED) is 0.852. The van der Waals surface area contributed by atoms with Crippen molar-refractivity contribution in [2.24, 2.45) is 5.73 Å². The first kappa shape index (κ1) is 14.3. The molecule has 4 heteroatoms.